The van der Waals surface area contributed by atoms with Crippen LogP contribution in [0.4, 0.5) is 10.5 Å². The van der Waals surface area contributed by atoms with Crippen molar-refractivity contribution in [3.8, 4) is 11.1 Å². The van der Waals surface area contributed by atoms with E-state index < -0.39 is 12.1 Å². The number of halogens is 1. The number of amides is 2. The minimum absolute atomic E-state index is 0.00699. The van der Waals surface area contributed by atoms with Gasteiger partial charge in [0.2, 0.25) is 5.91 Å². The van der Waals surface area contributed by atoms with Crippen molar-refractivity contribution in [3.63, 3.8) is 0 Å². The first-order valence-electron chi connectivity index (χ1n) is 11.3. The maximum atomic E-state index is 12.5. The molecule has 1 fully saturated rings. The van der Waals surface area contributed by atoms with Crippen LogP contribution in [-0.2, 0) is 9.53 Å². The summed E-state index contributed by atoms with van der Waals surface area (Å²) in [5.74, 6) is -1.56. The Morgan fingerprint density at radius 2 is 1.63 bits per heavy atom. The van der Waals surface area contributed by atoms with Crippen LogP contribution < -0.4 is 10.6 Å². The highest BCUT2D eigenvalue weighted by molar-refractivity contribution is 6.34. The van der Waals surface area contributed by atoms with Crippen LogP contribution in [0.3, 0.4) is 0 Å². The Hall–Kier alpha value is -3.84. The second kappa shape index (κ2) is 9.43. The summed E-state index contributed by atoms with van der Waals surface area (Å²) in [6.45, 7) is 0.569. The molecule has 0 heterocycles. The van der Waals surface area contributed by atoms with Crippen molar-refractivity contribution in [1.82, 2.24) is 5.32 Å². The molecule has 0 bridgehead atoms. The molecule has 178 valence electrons. The number of hydrogen-bond acceptors (Lipinski definition) is 4. The van der Waals surface area contributed by atoms with Gasteiger partial charge in [-0.15, -0.1) is 0 Å². The number of benzene rings is 3. The summed E-state index contributed by atoms with van der Waals surface area (Å²) >= 11 is 6.08. The van der Waals surface area contributed by atoms with Crippen LogP contribution in [0.2, 0.25) is 5.02 Å². The average molecular weight is 491 g/mol. The molecule has 2 aliphatic carbocycles. The molecule has 3 aromatic rings. The van der Waals surface area contributed by atoms with Crippen LogP contribution in [0.25, 0.3) is 11.1 Å². The first-order valence-corrected chi connectivity index (χ1v) is 11.7. The van der Waals surface area contributed by atoms with Crippen LogP contribution in [0.1, 0.15) is 33.8 Å². The van der Waals surface area contributed by atoms with Crippen molar-refractivity contribution in [2.45, 2.75) is 12.3 Å². The zero-order chi connectivity index (χ0) is 24.5. The topological polar surface area (TPSA) is 105 Å². The summed E-state index contributed by atoms with van der Waals surface area (Å²) in [5.41, 5.74) is 5.04. The van der Waals surface area contributed by atoms with E-state index in [0.29, 0.717) is 18.7 Å². The summed E-state index contributed by atoms with van der Waals surface area (Å²) in [4.78, 5) is 35.9. The van der Waals surface area contributed by atoms with Gasteiger partial charge in [0, 0.05) is 18.4 Å². The molecular formula is C27H23ClN2O5. The standard InChI is InChI=1S/C27H23ClN2O5/c28-23-12-15(26(32)33)9-10-24(23)30-25(31)21-11-16(21)13-29-27(34)35-14-22-19-7-3-1-5-17(19)18-6-2-4-8-20(18)22/h1-10,12,16,21-22H,11,13-14H2,(H,29,34)(H,30,31)(H,32,33). The predicted molar refractivity (Wildman–Crippen MR) is 132 cm³/mol. The number of carboxylic acids is 1. The molecule has 35 heavy (non-hydrogen) atoms. The highest BCUT2D eigenvalue weighted by atomic mass is 35.5. The quantitative estimate of drug-likeness (QED) is 0.424. The van der Waals surface area contributed by atoms with Gasteiger partial charge in [-0.05, 0) is 52.8 Å². The Labute approximate surface area is 207 Å². The fourth-order valence-corrected chi connectivity index (χ4v) is 4.86. The van der Waals surface area contributed by atoms with Gasteiger partial charge in [0.25, 0.3) is 0 Å². The summed E-state index contributed by atoms with van der Waals surface area (Å²) < 4.78 is 5.54. The smallest absolute Gasteiger partial charge is 0.407 e. The normalized spacial score (nSPS) is 17.7. The van der Waals surface area contributed by atoms with Crippen molar-refractivity contribution in [1.29, 1.82) is 0 Å². The van der Waals surface area contributed by atoms with Gasteiger partial charge in [0.15, 0.2) is 0 Å². The largest absolute Gasteiger partial charge is 0.478 e. The lowest BCUT2D eigenvalue weighted by Crippen LogP contribution is -2.29. The fraction of sp³-hybridized carbons (Fsp3) is 0.222. The molecule has 2 aliphatic rings. The third-order valence-corrected chi connectivity index (χ3v) is 6.90. The lowest BCUT2D eigenvalue weighted by Gasteiger charge is -2.14. The number of rotatable bonds is 7. The summed E-state index contributed by atoms with van der Waals surface area (Å²) in [6, 6.07) is 20.4. The number of fused-ring (bicyclic) bond motifs is 3. The maximum absolute atomic E-state index is 12.5. The van der Waals surface area contributed by atoms with Gasteiger partial charge in [-0.1, -0.05) is 60.1 Å². The second-order valence-corrected chi connectivity index (χ2v) is 9.20. The zero-order valence-corrected chi connectivity index (χ0v) is 19.4. The van der Waals surface area contributed by atoms with Crippen molar-refractivity contribution < 1.29 is 24.2 Å². The second-order valence-electron chi connectivity index (χ2n) is 8.80. The van der Waals surface area contributed by atoms with Crippen molar-refractivity contribution in [3.05, 3.63) is 88.4 Å². The summed E-state index contributed by atoms with van der Waals surface area (Å²) in [6.07, 6.45) is 0.130. The third kappa shape index (κ3) is 4.72. The van der Waals surface area contributed by atoms with Crippen LogP contribution in [0, 0.1) is 11.8 Å². The predicted octanol–water partition coefficient (Wildman–Crippen LogP) is 5.15. The van der Waals surface area contributed by atoms with E-state index in [1.54, 1.807) is 0 Å². The van der Waals surface area contributed by atoms with Gasteiger partial charge in [-0.3, -0.25) is 4.79 Å². The molecule has 7 nitrogen and oxygen atoms in total. The van der Waals surface area contributed by atoms with E-state index >= 15 is 0 Å². The van der Waals surface area contributed by atoms with Crippen LogP contribution in [-0.4, -0.2) is 36.2 Å². The highest BCUT2D eigenvalue weighted by Crippen LogP contribution is 2.44. The van der Waals surface area contributed by atoms with Crippen molar-refractivity contribution in [2.24, 2.45) is 11.8 Å². The number of anilines is 1. The van der Waals surface area contributed by atoms with Crippen LogP contribution in [0.15, 0.2) is 66.7 Å². The molecule has 8 heteroatoms. The Balaban J connectivity index is 1.10. The number of aromatic carboxylic acids is 1. The lowest BCUT2D eigenvalue weighted by atomic mass is 9.98. The van der Waals surface area contributed by atoms with Gasteiger partial charge < -0.3 is 20.5 Å². The molecule has 3 N–H and O–H groups in total. The number of ether oxygens (including phenoxy) is 1. The zero-order valence-electron chi connectivity index (χ0n) is 18.7. The van der Waals surface area contributed by atoms with E-state index in [2.05, 4.69) is 34.9 Å². The van der Waals surface area contributed by atoms with E-state index in [0.717, 1.165) is 11.1 Å². The van der Waals surface area contributed by atoms with Gasteiger partial charge in [-0.25, -0.2) is 9.59 Å². The highest BCUT2D eigenvalue weighted by Gasteiger charge is 2.43. The first-order chi connectivity index (χ1) is 16.9. The maximum Gasteiger partial charge on any atom is 0.407 e. The lowest BCUT2D eigenvalue weighted by molar-refractivity contribution is -0.117. The third-order valence-electron chi connectivity index (χ3n) is 6.59. The molecule has 2 amide bonds. The van der Waals surface area contributed by atoms with Crippen molar-refractivity contribution in [2.75, 3.05) is 18.5 Å². The molecule has 0 radical (unpaired) electrons. The molecular weight excluding hydrogens is 468 g/mol. The van der Waals surface area contributed by atoms with Gasteiger partial charge in [0.1, 0.15) is 6.61 Å². The Bertz CT molecular complexity index is 1280. The Kier molecular flexibility index (Phi) is 6.17. The minimum Gasteiger partial charge on any atom is -0.478 e. The van der Waals surface area contributed by atoms with Gasteiger partial charge >= 0.3 is 12.1 Å². The number of carbonyl (C=O) groups is 3. The van der Waals surface area contributed by atoms with E-state index in [1.807, 2.05) is 24.3 Å². The van der Waals surface area contributed by atoms with Gasteiger partial charge in [-0.2, -0.15) is 0 Å². The van der Waals surface area contributed by atoms with Crippen molar-refractivity contribution >= 4 is 35.3 Å². The molecule has 2 unspecified atom stereocenters. The molecule has 5 rings (SSSR count). The minimum atomic E-state index is -1.09. The van der Waals surface area contributed by atoms with E-state index in [9.17, 15) is 14.4 Å². The van der Waals surface area contributed by atoms with Gasteiger partial charge in [0.05, 0.1) is 16.3 Å². The number of alkyl carbamates (subject to hydrolysis) is 1. The molecule has 0 spiro atoms. The molecule has 0 aromatic heterocycles. The summed E-state index contributed by atoms with van der Waals surface area (Å²) in [7, 11) is 0. The molecule has 3 aromatic carbocycles. The SMILES string of the molecule is O=C(NCC1CC1C(=O)Nc1ccc(C(=O)O)cc1Cl)OCC1c2ccccc2-c2ccccc21. The Morgan fingerprint density at radius 3 is 2.26 bits per heavy atom. The van der Waals surface area contributed by atoms with E-state index in [4.69, 9.17) is 21.4 Å². The first kappa shape index (κ1) is 22.9. The number of carbonyl (C=O) groups excluding carboxylic acids is 2. The molecule has 2 atom stereocenters. The van der Waals surface area contributed by atoms with Crippen LogP contribution in [0.5, 0.6) is 0 Å². The van der Waals surface area contributed by atoms with E-state index in [-0.39, 0.29) is 40.9 Å². The number of hydrogen-bond donors (Lipinski definition) is 3. The average Bonchev–Trinajstić information content (AvgIpc) is 3.58. The monoisotopic (exact) mass is 490 g/mol. The number of nitrogens with one attached hydrogen (secondary N) is 2. The van der Waals surface area contributed by atoms with E-state index in [1.165, 1.54) is 29.3 Å². The molecule has 1 saturated carbocycles. The molecule has 0 aliphatic heterocycles. The Morgan fingerprint density at radius 1 is 0.971 bits per heavy atom. The fourth-order valence-electron chi connectivity index (χ4n) is 4.63. The number of carboxylic acid groups (broad SMARTS) is 1. The van der Waals surface area contributed by atoms with Crippen LogP contribution >= 0.6 is 11.6 Å². The molecule has 0 saturated heterocycles. The summed E-state index contributed by atoms with van der Waals surface area (Å²) in [5, 5.41) is 14.7.